The summed E-state index contributed by atoms with van der Waals surface area (Å²) in [6, 6.07) is -0.412. The summed E-state index contributed by atoms with van der Waals surface area (Å²) in [5.74, 6) is -0.394. The van der Waals surface area contributed by atoms with Crippen LogP contribution in [0.25, 0.3) is 0 Å². The van der Waals surface area contributed by atoms with Gasteiger partial charge in [-0.1, -0.05) is 13.3 Å². The maximum absolute atomic E-state index is 12.8. The zero-order valence-corrected chi connectivity index (χ0v) is 13.8. The van der Waals surface area contributed by atoms with E-state index in [1.807, 2.05) is 19.0 Å². The van der Waals surface area contributed by atoms with Crippen LogP contribution in [0.5, 0.6) is 0 Å². The molecule has 0 aromatic carbocycles. The van der Waals surface area contributed by atoms with Gasteiger partial charge in [-0.2, -0.15) is 0 Å². The molecule has 0 aliphatic carbocycles. The van der Waals surface area contributed by atoms with Crippen LogP contribution in [0.2, 0.25) is 0 Å². The molecular weight excluding hydrogens is 290 g/mol. The SMILES string of the molecule is CCCC1SCC(C(=O)O)N1C(=O)N1CCC(N(C)C)C1. The van der Waals surface area contributed by atoms with E-state index in [0.717, 1.165) is 19.3 Å². The summed E-state index contributed by atoms with van der Waals surface area (Å²) in [5.41, 5.74) is 0. The third-order valence-corrected chi connectivity index (χ3v) is 5.65. The summed E-state index contributed by atoms with van der Waals surface area (Å²) in [6.45, 7) is 3.47. The standard InChI is InChI=1S/C14H25N3O3S/c1-4-5-12-17(11(9-21-12)13(18)19)14(20)16-7-6-10(8-16)15(2)3/h10-12H,4-9H2,1-3H3,(H,18,19). The Morgan fingerprint density at radius 3 is 2.62 bits per heavy atom. The normalized spacial score (nSPS) is 29.4. The Labute approximate surface area is 130 Å². The first kappa shape index (κ1) is 16.4. The van der Waals surface area contributed by atoms with E-state index >= 15 is 0 Å². The number of amides is 2. The number of rotatable bonds is 4. The maximum Gasteiger partial charge on any atom is 0.327 e. The number of nitrogens with zero attached hydrogens (tertiary/aromatic N) is 3. The van der Waals surface area contributed by atoms with Crippen LogP contribution in [0.1, 0.15) is 26.2 Å². The van der Waals surface area contributed by atoms with E-state index in [-0.39, 0.29) is 11.4 Å². The summed E-state index contributed by atoms with van der Waals surface area (Å²) in [4.78, 5) is 29.7. The fraction of sp³-hybridized carbons (Fsp3) is 0.857. The van der Waals surface area contributed by atoms with Crippen LogP contribution in [0.3, 0.4) is 0 Å². The fourth-order valence-corrected chi connectivity index (χ4v) is 4.49. The molecule has 3 atom stereocenters. The number of urea groups is 1. The van der Waals surface area contributed by atoms with Crippen LogP contribution in [0, 0.1) is 0 Å². The molecule has 2 aliphatic heterocycles. The second-order valence-corrected chi connectivity index (χ2v) is 7.18. The lowest BCUT2D eigenvalue weighted by Crippen LogP contribution is -2.51. The van der Waals surface area contributed by atoms with Crippen LogP contribution in [0.15, 0.2) is 0 Å². The lowest BCUT2D eigenvalue weighted by molar-refractivity contribution is -0.141. The van der Waals surface area contributed by atoms with Crippen molar-refractivity contribution in [2.45, 2.75) is 43.6 Å². The Balaban J connectivity index is 2.08. The Hall–Kier alpha value is -0.950. The number of likely N-dealkylation sites (N-methyl/N-ethyl adjacent to an activating group) is 1. The number of carboxylic acids is 1. The number of aliphatic carboxylic acids is 1. The Morgan fingerprint density at radius 1 is 1.38 bits per heavy atom. The number of carbonyl (C=O) groups excluding carboxylic acids is 1. The maximum atomic E-state index is 12.8. The Morgan fingerprint density at radius 2 is 2.10 bits per heavy atom. The van der Waals surface area contributed by atoms with E-state index in [1.54, 1.807) is 16.7 Å². The van der Waals surface area contributed by atoms with Crippen LogP contribution >= 0.6 is 11.8 Å². The number of likely N-dealkylation sites (tertiary alicyclic amines) is 1. The van der Waals surface area contributed by atoms with Crippen molar-refractivity contribution in [3.05, 3.63) is 0 Å². The van der Waals surface area contributed by atoms with Crippen LogP contribution in [-0.4, -0.2) is 82.2 Å². The van der Waals surface area contributed by atoms with Crippen molar-refractivity contribution in [2.24, 2.45) is 0 Å². The molecule has 0 bridgehead atoms. The molecule has 0 spiro atoms. The molecule has 7 heteroatoms. The highest BCUT2D eigenvalue weighted by molar-refractivity contribution is 8.00. The van der Waals surface area contributed by atoms with Gasteiger partial charge < -0.3 is 14.9 Å². The Bertz CT molecular complexity index is 405. The zero-order chi connectivity index (χ0) is 15.6. The number of carboxylic acid groups (broad SMARTS) is 1. The van der Waals surface area contributed by atoms with Crippen LogP contribution in [-0.2, 0) is 4.79 Å². The molecule has 1 N–H and O–H groups in total. The van der Waals surface area contributed by atoms with Gasteiger partial charge in [0.05, 0.1) is 5.37 Å². The highest BCUT2D eigenvalue weighted by Gasteiger charge is 2.44. The van der Waals surface area contributed by atoms with Crippen molar-refractivity contribution >= 4 is 23.8 Å². The fourth-order valence-electron chi connectivity index (χ4n) is 2.98. The van der Waals surface area contributed by atoms with E-state index in [2.05, 4.69) is 11.8 Å². The third-order valence-electron chi connectivity index (χ3n) is 4.30. The lowest BCUT2D eigenvalue weighted by Gasteiger charge is -2.31. The topological polar surface area (TPSA) is 64.1 Å². The molecule has 2 heterocycles. The largest absolute Gasteiger partial charge is 0.480 e. The minimum atomic E-state index is -0.891. The van der Waals surface area contributed by atoms with Gasteiger partial charge >= 0.3 is 12.0 Å². The van der Waals surface area contributed by atoms with Crippen molar-refractivity contribution < 1.29 is 14.7 Å². The number of hydrogen-bond acceptors (Lipinski definition) is 4. The predicted octanol–water partition coefficient (Wildman–Crippen LogP) is 1.37. The van der Waals surface area contributed by atoms with Gasteiger partial charge in [-0.05, 0) is 26.9 Å². The quantitative estimate of drug-likeness (QED) is 0.849. The molecule has 2 amide bonds. The van der Waals surface area contributed by atoms with E-state index < -0.39 is 12.0 Å². The van der Waals surface area contributed by atoms with Crippen molar-refractivity contribution in [1.82, 2.24) is 14.7 Å². The predicted molar refractivity (Wildman–Crippen MR) is 83.5 cm³/mol. The van der Waals surface area contributed by atoms with Gasteiger partial charge in [0, 0.05) is 24.9 Å². The molecule has 2 rings (SSSR count). The molecular formula is C14H25N3O3S. The van der Waals surface area contributed by atoms with E-state index in [0.29, 0.717) is 24.9 Å². The Kier molecular flexibility index (Phi) is 5.37. The summed E-state index contributed by atoms with van der Waals surface area (Å²) in [5, 5.41) is 9.37. The van der Waals surface area contributed by atoms with Gasteiger partial charge in [0.1, 0.15) is 6.04 Å². The summed E-state index contributed by atoms with van der Waals surface area (Å²) in [7, 11) is 4.04. The van der Waals surface area contributed by atoms with Gasteiger partial charge in [0.15, 0.2) is 0 Å². The smallest absolute Gasteiger partial charge is 0.327 e. The average Bonchev–Trinajstić information content (AvgIpc) is 3.05. The van der Waals surface area contributed by atoms with Gasteiger partial charge in [-0.25, -0.2) is 9.59 Å². The minimum absolute atomic E-state index is 0.00186. The molecule has 2 saturated heterocycles. The molecule has 0 aromatic heterocycles. The second kappa shape index (κ2) is 6.87. The molecule has 2 fully saturated rings. The monoisotopic (exact) mass is 315 g/mol. The second-order valence-electron chi connectivity index (χ2n) is 5.97. The molecule has 2 aliphatic rings. The summed E-state index contributed by atoms with van der Waals surface area (Å²) < 4.78 is 0. The molecule has 6 nitrogen and oxygen atoms in total. The highest BCUT2D eigenvalue weighted by Crippen LogP contribution is 2.33. The first-order chi connectivity index (χ1) is 9.95. The number of carbonyl (C=O) groups is 2. The lowest BCUT2D eigenvalue weighted by atomic mass is 10.2. The van der Waals surface area contributed by atoms with Gasteiger partial charge in [-0.3, -0.25) is 4.90 Å². The molecule has 21 heavy (non-hydrogen) atoms. The third kappa shape index (κ3) is 3.45. The average molecular weight is 315 g/mol. The zero-order valence-electron chi connectivity index (χ0n) is 13.0. The van der Waals surface area contributed by atoms with Crippen LogP contribution in [0.4, 0.5) is 4.79 Å². The molecule has 0 aromatic rings. The van der Waals surface area contributed by atoms with Crippen molar-refractivity contribution in [3.8, 4) is 0 Å². The molecule has 3 unspecified atom stereocenters. The van der Waals surface area contributed by atoms with E-state index in [9.17, 15) is 14.7 Å². The molecule has 120 valence electrons. The van der Waals surface area contributed by atoms with E-state index in [4.69, 9.17) is 0 Å². The molecule has 0 radical (unpaired) electrons. The van der Waals surface area contributed by atoms with Gasteiger partial charge in [-0.15, -0.1) is 11.8 Å². The molecule has 0 saturated carbocycles. The number of thioether (sulfide) groups is 1. The first-order valence-corrected chi connectivity index (χ1v) is 8.58. The van der Waals surface area contributed by atoms with Crippen molar-refractivity contribution in [3.63, 3.8) is 0 Å². The van der Waals surface area contributed by atoms with Gasteiger partial charge in [0.2, 0.25) is 0 Å². The van der Waals surface area contributed by atoms with Crippen molar-refractivity contribution in [2.75, 3.05) is 32.9 Å². The highest BCUT2D eigenvalue weighted by atomic mass is 32.2. The minimum Gasteiger partial charge on any atom is -0.480 e. The number of hydrogen-bond donors (Lipinski definition) is 1. The summed E-state index contributed by atoms with van der Waals surface area (Å²) in [6.07, 6.45) is 2.76. The van der Waals surface area contributed by atoms with Crippen LogP contribution < -0.4 is 0 Å². The van der Waals surface area contributed by atoms with E-state index in [1.165, 1.54) is 0 Å². The van der Waals surface area contributed by atoms with Gasteiger partial charge in [0.25, 0.3) is 0 Å². The van der Waals surface area contributed by atoms with Crippen molar-refractivity contribution in [1.29, 1.82) is 0 Å². The summed E-state index contributed by atoms with van der Waals surface area (Å²) >= 11 is 1.59. The first-order valence-electron chi connectivity index (χ1n) is 7.53.